The number of rotatable bonds is 4. The molecule has 0 aromatic heterocycles. The van der Waals surface area contributed by atoms with E-state index in [4.69, 9.17) is 0 Å². The maximum absolute atomic E-state index is 13.5. The van der Waals surface area contributed by atoms with Gasteiger partial charge < -0.3 is 15.1 Å². The van der Waals surface area contributed by atoms with Crippen molar-refractivity contribution >= 4 is 0 Å². The standard InChI is InChI=1S/C17H28FN3/c1-13-6-7-15(18)10-14(13)11-16(19-2)17-12-20(3)8-5-9-21(17)4/h6-7,10,16-17,19H,5,8-9,11-12H2,1-4H3. The van der Waals surface area contributed by atoms with Crippen LogP contribution in [0.3, 0.4) is 0 Å². The highest BCUT2D eigenvalue weighted by atomic mass is 19.1. The van der Waals surface area contributed by atoms with Crippen LogP contribution in [0.5, 0.6) is 0 Å². The third kappa shape index (κ3) is 4.25. The Bertz CT molecular complexity index is 463. The monoisotopic (exact) mass is 293 g/mol. The van der Waals surface area contributed by atoms with E-state index in [1.165, 1.54) is 12.0 Å². The summed E-state index contributed by atoms with van der Waals surface area (Å²) in [7, 11) is 6.40. The number of halogens is 1. The zero-order valence-corrected chi connectivity index (χ0v) is 13.7. The molecule has 0 radical (unpaired) electrons. The summed E-state index contributed by atoms with van der Waals surface area (Å²) in [5.74, 6) is -0.142. The minimum Gasteiger partial charge on any atom is -0.315 e. The average Bonchev–Trinajstić information content (AvgIpc) is 2.61. The van der Waals surface area contributed by atoms with E-state index in [0.29, 0.717) is 12.1 Å². The van der Waals surface area contributed by atoms with Crippen LogP contribution < -0.4 is 5.32 Å². The average molecular weight is 293 g/mol. The molecule has 1 aromatic carbocycles. The second kappa shape index (κ2) is 7.34. The molecule has 0 amide bonds. The summed E-state index contributed by atoms with van der Waals surface area (Å²) in [6.45, 7) is 5.38. The largest absolute Gasteiger partial charge is 0.315 e. The summed E-state index contributed by atoms with van der Waals surface area (Å²) in [6, 6.07) is 5.88. The van der Waals surface area contributed by atoms with Crippen LogP contribution in [0.1, 0.15) is 17.5 Å². The molecule has 1 aliphatic heterocycles. The summed E-state index contributed by atoms with van der Waals surface area (Å²) >= 11 is 0. The first-order valence-corrected chi connectivity index (χ1v) is 7.82. The van der Waals surface area contributed by atoms with Gasteiger partial charge in [0.2, 0.25) is 0 Å². The molecule has 118 valence electrons. The molecule has 1 aliphatic rings. The van der Waals surface area contributed by atoms with Gasteiger partial charge in [-0.15, -0.1) is 0 Å². The summed E-state index contributed by atoms with van der Waals surface area (Å²) in [5, 5.41) is 3.45. The lowest BCUT2D eigenvalue weighted by atomic mass is 9.95. The molecule has 2 rings (SSSR count). The summed E-state index contributed by atoms with van der Waals surface area (Å²) in [6.07, 6.45) is 2.07. The molecule has 0 bridgehead atoms. The highest BCUT2D eigenvalue weighted by molar-refractivity contribution is 5.27. The van der Waals surface area contributed by atoms with Crippen LogP contribution >= 0.6 is 0 Å². The number of hydrogen-bond acceptors (Lipinski definition) is 3. The van der Waals surface area contributed by atoms with Crippen LogP contribution in [-0.4, -0.2) is 62.7 Å². The first-order valence-electron chi connectivity index (χ1n) is 7.82. The summed E-state index contributed by atoms with van der Waals surface area (Å²) in [4.78, 5) is 4.84. The number of likely N-dealkylation sites (N-methyl/N-ethyl adjacent to an activating group) is 3. The SMILES string of the molecule is CNC(Cc1cc(F)ccc1C)C1CN(C)CCCN1C. The van der Waals surface area contributed by atoms with Crippen molar-refractivity contribution in [3.63, 3.8) is 0 Å². The van der Waals surface area contributed by atoms with Crippen molar-refractivity contribution in [1.82, 2.24) is 15.1 Å². The minimum atomic E-state index is -0.142. The number of aryl methyl sites for hydroxylation is 1. The maximum Gasteiger partial charge on any atom is 0.123 e. The third-order valence-electron chi connectivity index (χ3n) is 4.70. The number of nitrogens with zero attached hydrogens (tertiary/aromatic N) is 2. The van der Waals surface area contributed by atoms with Crippen LogP contribution in [0.4, 0.5) is 4.39 Å². The van der Waals surface area contributed by atoms with Gasteiger partial charge in [-0.1, -0.05) is 6.07 Å². The predicted molar refractivity (Wildman–Crippen MR) is 86.2 cm³/mol. The van der Waals surface area contributed by atoms with E-state index in [1.54, 1.807) is 12.1 Å². The van der Waals surface area contributed by atoms with Gasteiger partial charge >= 0.3 is 0 Å². The third-order valence-corrected chi connectivity index (χ3v) is 4.70. The highest BCUT2D eigenvalue weighted by Gasteiger charge is 2.28. The molecular formula is C17H28FN3. The fraction of sp³-hybridized carbons (Fsp3) is 0.647. The normalized spacial score (nSPS) is 23.0. The van der Waals surface area contributed by atoms with Gasteiger partial charge in [0.05, 0.1) is 0 Å². The summed E-state index contributed by atoms with van der Waals surface area (Å²) < 4.78 is 13.5. The molecule has 1 N–H and O–H groups in total. The Morgan fingerprint density at radius 3 is 2.81 bits per heavy atom. The fourth-order valence-corrected chi connectivity index (χ4v) is 3.27. The number of hydrogen-bond donors (Lipinski definition) is 1. The van der Waals surface area contributed by atoms with Crippen molar-refractivity contribution in [1.29, 1.82) is 0 Å². The van der Waals surface area contributed by atoms with Gasteiger partial charge in [-0.3, -0.25) is 0 Å². The topological polar surface area (TPSA) is 18.5 Å². The molecule has 1 heterocycles. The first kappa shape index (κ1) is 16.4. The van der Waals surface area contributed by atoms with Crippen molar-refractivity contribution in [3.8, 4) is 0 Å². The van der Waals surface area contributed by atoms with Gasteiger partial charge in [0.1, 0.15) is 5.82 Å². The van der Waals surface area contributed by atoms with Crippen molar-refractivity contribution < 1.29 is 4.39 Å². The molecular weight excluding hydrogens is 265 g/mol. The summed E-state index contributed by atoms with van der Waals surface area (Å²) in [5.41, 5.74) is 2.27. The molecule has 1 aromatic rings. The quantitative estimate of drug-likeness (QED) is 0.915. The molecule has 0 saturated carbocycles. The molecule has 21 heavy (non-hydrogen) atoms. The van der Waals surface area contributed by atoms with Crippen molar-refractivity contribution in [2.45, 2.75) is 31.8 Å². The molecule has 1 fully saturated rings. The Morgan fingerprint density at radius 1 is 1.33 bits per heavy atom. The van der Waals surface area contributed by atoms with E-state index < -0.39 is 0 Å². The Balaban J connectivity index is 2.16. The van der Waals surface area contributed by atoms with E-state index in [-0.39, 0.29) is 5.82 Å². The van der Waals surface area contributed by atoms with Gasteiger partial charge in [-0.25, -0.2) is 4.39 Å². The molecule has 2 atom stereocenters. The zero-order valence-electron chi connectivity index (χ0n) is 13.7. The van der Waals surface area contributed by atoms with Gasteiger partial charge in [0, 0.05) is 18.6 Å². The van der Waals surface area contributed by atoms with Crippen LogP contribution in [0.25, 0.3) is 0 Å². The van der Waals surface area contributed by atoms with E-state index in [2.05, 4.69) is 36.1 Å². The van der Waals surface area contributed by atoms with E-state index in [1.807, 2.05) is 13.1 Å². The fourth-order valence-electron chi connectivity index (χ4n) is 3.27. The van der Waals surface area contributed by atoms with Gasteiger partial charge in [-0.05, 0) is 77.3 Å². The predicted octanol–water partition coefficient (Wildman–Crippen LogP) is 1.90. The molecule has 1 saturated heterocycles. The Labute approximate surface area is 128 Å². The second-order valence-corrected chi connectivity index (χ2v) is 6.33. The smallest absolute Gasteiger partial charge is 0.123 e. The lowest BCUT2D eigenvalue weighted by molar-refractivity contribution is 0.181. The van der Waals surface area contributed by atoms with Gasteiger partial charge in [0.15, 0.2) is 0 Å². The molecule has 0 spiro atoms. The lowest BCUT2D eigenvalue weighted by Crippen LogP contribution is -2.52. The van der Waals surface area contributed by atoms with Crippen molar-refractivity contribution in [2.75, 3.05) is 40.8 Å². The van der Waals surface area contributed by atoms with Crippen LogP contribution in [-0.2, 0) is 6.42 Å². The van der Waals surface area contributed by atoms with E-state index in [0.717, 1.165) is 31.6 Å². The molecule has 4 heteroatoms. The number of benzene rings is 1. The van der Waals surface area contributed by atoms with Crippen LogP contribution in [0, 0.1) is 12.7 Å². The first-order chi connectivity index (χ1) is 10.0. The minimum absolute atomic E-state index is 0.142. The van der Waals surface area contributed by atoms with Crippen molar-refractivity contribution in [3.05, 3.63) is 35.1 Å². The Morgan fingerprint density at radius 2 is 2.10 bits per heavy atom. The Hall–Kier alpha value is -0.970. The van der Waals surface area contributed by atoms with Crippen LogP contribution in [0.2, 0.25) is 0 Å². The Kier molecular flexibility index (Phi) is 5.73. The van der Waals surface area contributed by atoms with Crippen LogP contribution in [0.15, 0.2) is 18.2 Å². The maximum atomic E-state index is 13.5. The second-order valence-electron chi connectivity index (χ2n) is 6.33. The van der Waals surface area contributed by atoms with Gasteiger partial charge in [-0.2, -0.15) is 0 Å². The molecule has 2 unspecified atom stereocenters. The van der Waals surface area contributed by atoms with E-state index in [9.17, 15) is 4.39 Å². The van der Waals surface area contributed by atoms with Gasteiger partial charge in [0.25, 0.3) is 0 Å². The molecule has 0 aliphatic carbocycles. The highest BCUT2D eigenvalue weighted by Crippen LogP contribution is 2.17. The molecule has 3 nitrogen and oxygen atoms in total. The van der Waals surface area contributed by atoms with E-state index >= 15 is 0 Å². The zero-order chi connectivity index (χ0) is 15.4. The lowest BCUT2D eigenvalue weighted by Gasteiger charge is -2.34. The number of nitrogens with one attached hydrogen (secondary N) is 1. The van der Waals surface area contributed by atoms with Crippen molar-refractivity contribution in [2.24, 2.45) is 0 Å².